The van der Waals surface area contributed by atoms with Crippen LogP contribution in [0.2, 0.25) is 0 Å². The standard InChI is InChI=1S/C15H26O6/c1-5-7-8-9-12-18-13(16)10-11-14(17)19-21-20-15(3,4)6-2/h10-11H,5-9,12H2,1-4H3/b11-10+. The quantitative estimate of drug-likeness (QED) is 0.192. The molecule has 0 unspecified atom stereocenters. The minimum atomic E-state index is -0.843. The summed E-state index contributed by atoms with van der Waals surface area (Å²) in [5.74, 6) is -1.43. The third kappa shape index (κ3) is 12.1. The molecule has 122 valence electrons. The minimum absolute atomic E-state index is 0.350. The van der Waals surface area contributed by atoms with Crippen molar-refractivity contribution in [2.45, 2.75) is 65.4 Å². The van der Waals surface area contributed by atoms with Crippen LogP contribution < -0.4 is 0 Å². The maximum atomic E-state index is 11.3. The smallest absolute Gasteiger partial charge is 0.369 e. The van der Waals surface area contributed by atoms with Crippen molar-refractivity contribution >= 4 is 11.9 Å². The molecule has 21 heavy (non-hydrogen) atoms. The van der Waals surface area contributed by atoms with Gasteiger partial charge in [0.1, 0.15) is 5.60 Å². The molecule has 0 aromatic rings. The molecule has 0 aromatic heterocycles. The Kier molecular flexibility index (Phi) is 10.5. The van der Waals surface area contributed by atoms with Gasteiger partial charge in [-0.2, -0.15) is 4.89 Å². The maximum absolute atomic E-state index is 11.3. The third-order valence-corrected chi connectivity index (χ3v) is 2.82. The second kappa shape index (κ2) is 11.3. The summed E-state index contributed by atoms with van der Waals surface area (Å²) in [6.45, 7) is 7.93. The monoisotopic (exact) mass is 302 g/mol. The summed E-state index contributed by atoms with van der Waals surface area (Å²) in [5, 5.41) is 4.36. The lowest BCUT2D eigenvalue weighted by Crippen LogP contribution is -2.24. The van der Waals surface area contributed by atoms with E-state index in [1.54, 1.807) is 13.8 Å². The van der Waals surface area contributed by atoms with E-state index in [-0.39, 0.29) is 0 Å². The van der Waals surface area contributed by atoms with E-state index in [0.717, 1.165) is 37.8 Å². The molecule has 0 aliphatic rings. The predicted octanol–water partition coefficient (Wildman–Crippen LogP) is 3.26. The van der Waals surface area contributed by atoms with Crippen molar-refractivity contribution in [3.8, 4) is 0 Å². The van der Waals surface area contributed by atoms with E-state index in [4.69, 9.17) is 9.62 Å². The summed E-state index contributed by atoms with van der Waals surface area (Å²) >= 11 is 0. The highest BCUT2D eigenvalue weighted by atomic mass is 17.5. The van der Waals surface area contributed by atoms with Gasteiger partial charge < -0.3 is 4.74 Å². The lowest BCUT2D eigenvalue weighted by molar-refractivity contribution is -0.515. The molecule has 0 aliphatic carbocycles. The van der Waals surface area contributed by atoms with Gasteiger partial charge >= 0.3 is 11.9 Å². The molecule has 6 nitrogen and oxygen atoms in total. The van der Waals surface area contributed by atoms with Gasteiger partial charge in [0.25, 0.3) is 0 Å². The molecule has 6 heteroatoms. The lowest BCUT2D eigenvalue weighted by Gasteiger charge is -2.19. The van der Waals surface area contributed by atoms with Gasteiger partial charge in [0, 0.05) is 12.2 Å². The second-order valence-corrected chi connectivity index (χ2v) is 5.23. The number of ether oxygens (including phenoxy) is 1. The first-order valence-corrected chi connectivity index (χ1v) is 7.32. The molecule has 0 saturated heterocycles. The first-order chi connectivity index (χ1) is 9.91. The van der Waals surface area contributed by atoms with Crippen molar-refractivity contribution in [3.05, 3.63) is 12.2 Å². The van der Waals surface area contributed by atoms with Gasteiger partial charge in [-0.1, -0.05) is 33.1 Å². The number of carbonyl (C=O) groups is 2. The lowest BCUT2D eigenvalue weighted by atomic mass is 10.1. The van der Waals surface area contributed by atoms with Crippen LogP contribution in [0.25, 0.3) is 0 Å². The maximum Gasteiger partial charge on any atom is 0.369 e. The van der Waals surface area contributed by atoms with Crippen molar-refractivity contribution in [1.82, 2.24) is 0 Å². The van der Waals surface area contributed by atoms with E-state index in [1.807, 2.05) is 6.92 Å². The molecule has 0 rings (SSSR count). The minimum Gasteiger partial charge on any atom is -0.463 e. The highest BCUT2D eigenvalue weighted by molar-refractivity contribution is 5.91. The zero-order chi connectivity index (χ0) is 16.1. The number of esters is 1. The molecule has 0 saturated carbocycles. The molecule has 0 bridgehead atoms. The summed E-state index contributed by atoms with van der Waals surface area (Å²) in [6.07, 6.45) is 6.69. The average Bonchev–Trinajstić information content (AvgIpc) is 2.44. The molecule has 0 aliphatic heterocycles. The fraction of sp³-hybridized carbons (Fsp3) is 0.733. The van der Waals surface area contributed by atoms with E-state index in [2.05, 4.69) is 16.8 Å². The summed E-state index contributed by atoms with van der Waals surface area (Å²) < 4.78 is 4.91. The fourth-order valence-electron chi connectivity index (χ4n) is 1.12. The van der Waals surface area contributed by atoms with Gasteiger partial charge in [-0.05, 0) is 31.7 Å². The van der Waals surface area contributed by atoms with Crippen LogP contribution >= 0.6 is 0 Å². The van der Waals surface area contributed by atoms with E-state index in [9.17, 15) is 9.59 Å². The Labute approximate surface area is 126 Å². The van der Waals surface area contributed by atoms with Gasteiger partial charge in [-0.25, -0.2) is 9.59 Å². The molecule has 0 radical (unpaired) electrons. The Hall–Kier alpha value is -1.40. The second-order valence-electron chi connectivity index (χ2n) is 5.23. The fourth-order valence-corrected chi connectivity index (χ4v) is 1.12. The zero-order valence-electron chi connectivity index (χ0n) is 13.3. The molecule has 0 amide bonds. The molecule has 0 fully saturated rings. The summed E-state index contributed by atoms with van der Waals surface area (Å²) in [7, 11) is 0. The topological polar surface area (TPSA) is 71.1 Å². The average molecular weight is 302 g/mol. The van der Waals surface area contributed by atoms with Crippen molar-refractivity contribution in [2.75, 3.05) is 6.61 Å². The van der Waals surface area contributed by atoms with Gasteiger partial charge in [-0.3, -0.25) is 4.89 Å². The molecule has 0 spiro atoms. The van der Waals surface area contributed by atoms with Crippen molar-refractivity contribution < 1.29 is 29.1 Å². The molecule has 0 N–H and O–H groups in total. The number of rotatable bonds is 11. The van der Waals surface area contributed by atoms with Crippen molar-refractivity contribution in [2.24, 2.45) is 0 Å². The van der Waals surface area contributed by atoms with Crippen LogP contribution in [0.3, 0.4) is 0 Å². The summed E-state index contributed by atoms with van der Waals surface area (Å²) in [6, 6.07) is 0. The largest absolute Gasteiger partial charge is 0.463 e. The van der Waals surface area contributed by atoms with Gasteiger partial charge in [0.15, 0.2) is 0 Å². The third-order valence-electron chi connectivity index (χ3n) is 2.82. The highest BCUT2D eigenvalue weighted by Crippen LogP contribution is 2.13. The highest BCUT2D eigenvalue weighted by Gasteiger charge is 2.18. The summed E-state index contributed by atoms with van der Waals surface area (Å²) in [4.78, 5) is 31.7. The molecule has 0 aromatic carbocycles. The molecular weight excluding hydrogens is 276 g/mol. The van der Waals surface area contributed by atoms with Crippen LogP contribution in [0.5, 0.6) is 0 Å². The number of unbranched alkanes of at least 4 members (excludes halogenated alkanes) is 3. The van der Waals surface area contributed by atoms with Crippen molar-refractivity contribution in [1.29, 1.82) is 0 Å². The van der Waals surface area contributed by atoms with Crippen LogP contribution in [0.1, 0.15) is 59.8 Å². The van der Waals surface area contributed by atoms with Crippen LogP contribution in [0.4, 0.5) is 0 Å². The van der Waals surface area contributed by atoms with Gasteiger partial charge in [0.2, 0.25) is 0 Å². The van der Waals surface area contributed by atoms with E-state index in [1.165, 1.54) is 0 Å². The van der Waals surface area contributed by atoms with Crippen LogP contribution in [0.15, 0.2) is 12.2 Å². The van der Waals surface area contributed by atoms with Crippen LogP contribution in [0, 0.1) is 0 Å². The Morgan fingerprint density at radius 1 is 1.00 bits per heavy atom. The SMILES string of the molecule is CCCCCCOC(=O)/C=C/C(=O)OOOC(C)(C)CC. The first kappa shape index (κ1) is 19.6. The molecule has 0 heterocycles. The van der Waals surface area contributed by atoms with Gasteiger partial charge in [0.05, 0.1) is 6.61 Å². The Balaban J connectivity index is 3.75. The zero-order valence-corrected chi connectivity index (χ0v) is 13.3. The Morgan fingerprint density at radius 2 is 1.67 bits per heavy atom. The van der Waals surface area contributed by atoms with E-state index < -0.39 is 17.5 Å². The van der Waals surface area contributed by atoms with Crippen LogP contribution in [-0.4, -0.2) is 24.1 Å². The Bertz CT molecular complexity index is 335. The molecular formula is C15H26O6. The van der Waals surface area contributed by atoms with Crippen molar-refractivity contribution in [3.63, 3.8) is 0 Å². The van der Waals surface area contributed by atoms with Gasteiger partial charge in [-0.15, -0.1) is 0 Å². The molecule has 0 atom stereocenters. The summed E-state index contributed by atoms with van der Waals surface area (Å²) in [5.41, 5.74) is -0.554. The predicted molar refractivity (Wildman–Crippen MR) is 76.9 cm³/mol. The number of hydrogen-bond donors (Lipinski definition) is 0. The van der Waals surface area contributed by atoms with E-state index >= 15 is 0 Å². The Morgan fingerprint density at radius 3 is 2.29 bits per heavy atom. The van der Waals surface area contributed by atoms with E-state index in [0.29, 0.717) is 13.0 Å². The normalized spacial score (nSPS) is 11.6. The first-order valence-electron chi connectivity index (χ1n) is 7.32. The number of carbonyl (C=O) groups excluding carboxylic acids is 2. The number of hydrogen-bond acceptors (Lipinski definition) is 6. The van der Waals surface area contributed by atoms with Crippen LogP contribution in [-0.2, 0) is 29.1 Å².